The van der Waals surface area contributed by atoms with Crippen molar-refractivity contribution in [2.45, 2.75) is 10.3 Å². The number of likely N-dealkylation sites (N-methyl/N-ethyl adjacent to an activating group) is 1. The van der Waals surface area contributed by atoms with E-state index in [0.717, 1.165) is 15.6 Å². The molecule has 2 rings (SSSR count). The van der Waals surface area contributed by atoms with Crippen LogP contribution in [0.25, 0.3) is 0 Å². The Labute approximate surface area is 131 Å². The molecule has 0 fully saturated rings. The normalized spacial score (nSPS) is 13.6. The van der Waals surface area contributed by atoms with Gasteiger partial charge >= 0.3 is 0 Å². The van der Waals surface area contributed by atoms with Gasteiger partial charge in [0.25, 0.3) is 10.0 Å². The van der Waals surface area contributed by atoms with Crippen molar-refractivity contribution in [1.82, 2.24) is 4.31 Å². The van der Waals surface area contributed by atoms with Gasteiger partial charge in [0.1, 0.15) is 10.0 Å². The molecule has 0 aliphatic heterocycles. The fourth-order valence-corrected chi connectivity index (χ4v) is 4.65. The van der Waals surface area contributed by atoms with Gasteiger partial charge in [0, 0.05) is 19.2 Å². The number of aliphatic hydroxyl groups excluding tert-OH is 1. The molecular weight excluding hydrogens is 337 g/mol. The molecule has 8 heteroatoms. The van der Waals surface area contributed by atoms with E-state index in [4.69, 9.17) is 11.6 Å². The first-order chi connectivity index (χ1) is 9.82. The number of sulfonamides is 1. The topological polar surface area (TPSA) is 57.6 Å². The molecule has 21 heavy (non-hydrogen) atoms. The van der Waals surface area contributed by atoms with Crippen molar-refractivity contribution >= 4 is 33.0 Å². The number of thiophene rings is 1. The highest BCUT2D eigenvalue weighted by molar-refractivity contribution is 7.91. The lowest BCUT2D eigenvalue weighted by molar-refractivity contribution is 0.151. The molecule has 0 saturated carbocycles. The Morgan fingerprint density at radius 3 is 2.57 bits per heavy atom. The highest BCUT2D eigenvalue weighted by Gasteiger charge is 2.26. The van der Waals surface area contributed by atoms with Crippen LogP contribution in [0.5, 0.6) is 0 Å². The van der Waals surface area contributed by atoms with Crippen LogP contribution < -0.4 is 0 Å². The molecule has 1 atom stereocenters. The van der Waals surface area contributed by atoms with E-state index in [2.05, 4.69) is 0 Å². The third-order valence-corrected chi connectivity index (χ3v) is 6.43. The minimum atomic E-state index is -3.75. The molecule has 1 N–H and O–H groups in total. The van der Waals surface area contributed by atoms with Gasteiger partial charge in [-0.2, -0.15) is 4.31 Å². The van der Waals surface area contributed by atoms with Crippen LogP contribution in [0.3, 0.4) is 0 Å². The smallest absolute Gasteiger partial charge is 0.252 e. The molecule has 0 bridgehead atoms. The summed E-state index contributed by atoms with van der Waals surface area (Å²) in [7, 11) is -2.42. The van der Waals surface area contributed by atoms with Crippen LogP contribution in [0, 0.1) is 5.82 Å². The van der Waals surface area contributed by atoms with Crippen LogP contribution in [-0.4, -0.2) is 31.4 Å². The second kappa shape index (κ2) is 6.41. The molecule has 2 aromatic rings. The summed E-state index contributed by atoms with van der Waals surface area (Å²) in [5.41, 5.74) is 0.0590. The van der Waals surface area contributed by atoms with E-state index in [-0.39, 0.29) is 16.3 Å². The molecular formula is C13H13ClFNO3S2. The van der Waals surface area contributed by atoms with Gasteiger partial charge in [0.15, 0.2) is 0 Å². The first-order valence-corrected chi connectivity index (χ1v) is 8.60. The zero-order valence-corrected chi connectivity index (χ0v) is 13.4. The van der Waals surface area contributed by atoms with Crippen molar-refractivity contribution < 1.29 is 17.9 Å². The molecule has 0 aliphatic carbocycles. The Balaban J connectivity index is 2.18. The quantitative estimate of drug-likeness (QED) is 0.903. The Morgan fingerprint density at radius 1 is 1.33 bits per heavy atom. The Morgan fingerprint density at radius 2 is 2.00 bits per heavy atom. The minimum absolute atomic E-state index is 0.0590. The fourth-order valence-electron chi connectivity index (χ4n) is 1.78. The summed E-state index contributed by atoms with van der Waals surface area (Å²) in [5, 5.41) is 10.0. The van der Waals surface area contributed by atoms with Crippen LogP contribution in [0.4, 0.5) is 4.39 Å². The number of halogens is 2. The standard InChI is InChI=1S/C13H13ClFNO3S2/c1-16(21(18,19)13-7-6-12(14)20-13)8-11(17)9-4-2-3-5-10(9)15/h2-7,11,17H,8H2,1H3. The summed E-state index contributed by atoms with van der Waals surface area (Å²) in [6.45, 7) is -0.251. The average molecular weight is 350 g/mol. The second-order valence-corrected chi connectivity index (χ2v) is 8.37. The van der Waals surface area contributed by atoms with Gasteiger partial charge in [-0.15, -0.1) is 11.3 Å². The van der Waals surface area contributed by atoms with Crippen molar-refractivity contribution in [2.24, 2.45) is 0 Å². The van der Waals surface area contributed by atoms with Crippen LogP contribution in [-0.2, 0) is 10.0 Å². The van der Waals surface area contributed by atoms with Gasteiger partial charge in [-0.1, -0.05) is 29.8 Å². The van der Waals surface area contributed by atoms with Crippen molar-refractivity contribution in [2.75, 3.05) is 13.6 Å². The highest BCUT2D eigenvalue weighted by Crippen LogP contribution is 2.28. The van der Waals surface area contributed by atoms with Crippen molar-refractivity contribution in [3.05, 3.63) is 52.1 Å². The molecule has 0 saturated heterocycles. The molecule has 0 spiro atoms. The lowest BCUT2D eigenvalue weighted by Crippen LogP contribution is -2.31. The van der Waals surface area contributed by atoms with Crippen LogP contribution in [0.2, 0.25) is 4.34 Å². The van der Waals surface area contributed by atoms with Crippen molar-refractivity contribution in [3.8, 4) is 0 Å². The Kier molecular flexibility index (Phi) is 5.00. The molecule has 1 aromatic heterocycles. The highest BCUT2D eigenvalue weighted by atomic mass is 35.5. The lowest BCUT2D eigenvalue weighted by atomic mass is 10.1. The van der Waals surface area contributed by atoms with Gasteiger partial charge in [-0.3, -0.25) is 0 Å². The van der Waals surface area contributed by atoms with Gasteiger partial charge in [-0.05, 0) is 18.2 Å². The van der Waals surface area contributed by atoms with E-state index < -0.39 is 21.9 Å². The monoisotopic (exact) mass is 349 g/mol. The zero-order chi connectivity index (χ0) is 15.6. The van der Waals surface area contributed by atoms with E-state index >= 15 is 0 Å². The number of nitrogens with zero attached hydrogens (tertiary/aromatic N) is 1. The summed E-state index contributed by atoms with van der Waals surface area (Å²) in [5.74, 6) is -0.574. The molecule has 1 heterocycles. The summed E-state index contributed by atoms with van der Waals surface area (Å²) in [6.07, 6.45) is -1.25. The van der Waals surface area contributed by atoms with Gasteiger partial charge in [0.05, 0.1) is 10.4 Å². The number of rotatable bonds is 5. The third-order valence-electron chi connectivity index (χ3n) is 2.91. The van der Waals surface area contributed by atoms with Crippen LogP contribution in [0.1, 0.15) is 11.7 Å². The number of aliphatic hydroxyl groups is 1. The summed E-state index contributed by atoms with van der Waals surface area (Å²) in [6, 6.07) is 8.60. The van der Waals surface area contributed by atoms with E-state index in [1.165, 1.54) is 37.4 Å². The lowest BCUT2D eigenvalue weighted by Gasteiger charge is -2.20. The molecule has 0 amide bonds. The molecule has 114 valence electrons. The van der Waals surface area contributed by atoms with Crippen molar-refractivity contribution in [1.29, 1.82) is 0 Å². The number of hydrogen-bond acceptors (Lipinski definition) is 4. The van der Waals surface area contributed by atoms with Crippen molar-refractivity contribution in [3.63, 3.8) is 0 Å². The SMILES string of the molecule is CN(CC(O)c1ccccc1F)S(=O)(=O)c1ccc(Cl)s1. The van der Waals surface area contributed by atoms with E-state index in [1.807, 2.05) is 0 Å². The summed E-state index contributed by atoms with van der Waals surface area (Å²) >= 11 is 6.66. The Bertz CT molecular complexity index is 733. The molecule has 0 aliphatic rings. The average Bonchev–Trinajstić information content (AvgIpc) is 2.86. The zero-order valence-electron chi connectivity index (χ0n) is 11.0. The third kappa shape index (κ3) is 3.61. The predicted octanol–water partition coefficient (Wildman–Crippen LogP) is 2.89. The van der Waals surface area contributed by atoms with Crippen LogP contribution in [0.15, 0.2) is 40.6 Å². The van der Waals surface area contributed by atoms with Crippen LogP contribution >= 0.6 is 22.9 Å². The van der Waals surface area contributed by atoms with Gasteiger partial charge in [0.2, 0.25) is 0 Å². The van der Waals surface area contributed by atoms with Gasteiger partial charge < -0.3 is 5.11 Å². The number of hydrogen-bond donors (Lipinski definition) is 1. The molecule has 4 nitrogen and oxygen atoms in total. The largest absolute Gasteiger partial charge is 0.387 e. The minimum Gasteiger partial charge on any atom is -0.387 e. The molecule has 1 aromatic carbocycles. The Hall–Kier alpha value is -0.990. The second-order valence-electron chi connectivity index (χ2n) is 4.38. The van der Waals surface area contributed by atoms with Gasteiger partial charge in [-0.25, -0.2) is 12.8 Å². The maximum atomic E-state index is 13.6. The molecule has 1 unspecified atom stereocenters. The molecule has 0 radical (unpaired) electrons. The van der Waals surface area contributed by atoms with E-state index in [9.17, 15) is 17.9 Å². The maximum absolute atomic E-state index is 13.6. The summed E-state index contributed by atoms with van der Waals surface area (Å²) in [4.78, 5) is 0. The first-order valence-electron chi connectivity index (χ1n) is 5.96. The maximum Gasteiger partial charge on any atom is 0.252 e. The van der Waals surface area contributed by atoms with E-state index in [1.54, 1.807) is 6.07 Å². The number of benzene rings is 1. The predicted molar refractivity (Wildman–Crippen MR) is 80.5 cm³/mol. The fraction of sp³-hybridized carbons (Fsp3) is 0.231. The first kappa shape index (κ1) is 16.4. The van der Waals surface area contributed by atoms with E-state index in [0.29, 0.717) is 4.34 Å². The summed E-state index contributed by atoms with van der Waals surface area (Å²) < 4.78 is 39.5.